The lowest BCUT2D eigenvalue weighted by Gasteiger charge is -2.30. The normalized spacial score (nSPS) is 11.0. The molecule has 0 radical (unpaired) electrons. The van der Waals surface area contributed by atoms with Crippen LogP contribution in [0.25, 0.3) is 0 Å². The molecule has 0 saturated heterocycles. The zero-order valence-corrected chi connectivity index (χ0v) is 15.1. The minimum absolute atomic E-state index is 0. The van der Waals surface area contributed by atoms with Gasteiger partial charge in [-0.15, -0.1) is 25.6 Å². The molecule has 0 rings (SSSR count). The molecule has 21 heavy (non-hydrogen) atoms. The summed E-state index contributed by atoms with van der Waals surface area (Å²) in [6, 6.07) is 0. The fourth-order valence-electron chi connectivity index (χ4n) is 2.98. The lowest BCUT2D eigenvalue weighted by Crippen LogP contribution is -2.29. The summed E-state index contributed by atoms with van der Waals surface area (Å²) in [7, 11) is 0. The minimum atomic E-state index is 0. The number of hydrogen-bond donors (Lipinski definition) is 1. The molecule has 0 unspecified atom stereocenters. The third-order valence-electron chi connectivity index (χ3n) is 4.40. The molecule has 0 aliphatic heterocycles. The number of allylic oxidation sites excluding steroid dienone is 2. The Morgan fingerprint density at radius 2 is 1.24 bits per heavy atom. The molecule has 2 heteroatoms. The van der Waals surface area contributed by atoms with Gasteiger partial charge >= 0.3 is 0 Å². The first-order valence-corrected chi connectivity index (χ1v) is 8.66. The Morgan fingerprint density at radius 3 is 1.62 bits per heavy atom. The molecule has 0 atom stereocenters. The highest BCUT2D eigenvalue weighted by Gasteiger charge is 2.24. The van der Waals surface area contributed by atoms with Crippen LogP contribution < -0.4 is 5.73 Å². The molecule has 0 aliphatic carbocycles. The van der Waals surface area contributed by atoms with Gasteiger partial charge in [0.25, 0.3) is 0 Å². The Kier molecular flexibility index (Phi) is 17.6. The smallest absolute Gasteiger partial charge is 0.00146 e. The fourth-order valence-corrected chi connectivity index (χ4v) is 2.98. The standard InChI is InChI=1S/C19H37N.ClH/c1-4-7-8-9-10-11-12-13-14-17-19(18-20,15-5-2)16-6-3;/h5-6H,2-4,7-18,20H2,1H3;1H. The highest BCUT2D eigenvalue weighted by Crippen LogP contribution is 2.33. The molecule has 0 aromatic heterocycles. The van der Waals surface area contributed by atoms with Crippen LogP contribution in [0.5, 0.6) is 0 Å². The number of halogens is 1. The molecule has 126 valence electrons. The fraction of sp³-hybridized carbons (Fsp3) is 0.789. The van der Waals surface area contributed by atoms with Crippen molar-refractivity contribution in [1.82, 2.24) is 0 Å². The molecule has 1 nitrogen and oxygen atoms in total. The molecule has 0 aromatic rings. The van der Waals surface area contributed by atoms with Gasteiger partial charge in [-0.25, -0.2) is 0 Å². The van der Waals surface area contributed by atoms with Crippen molar-refractivity contribution in [2.45, 2.75) is 84.0 Å². The Morgan fingerprint density at radius 1 is 0.810 bits per heavy atom. The minimum Gasteiger partial charge on any atom is -0.330 e. The molecular formula is C19H38ClN. The van der Waals surface area contributed by atoms with Gasteiger partial charge in [-0.3, -0.25) is 0 Å². The predicted octanol–water partition coefficient (Wildman–Crippen LogP) is 6.43. The van der Waals surface area contributed by atoms with E-state index >= 15 is 0 Å². The number of unbranched alkanes of at least 4 members (excludes halogenated alkanes) is 8. The van der Waals surface area contributed by atoms with Crippen LogP contribution >= 0.6 is 12.4 Å². The second-order valence-electron chi connectivity index (χ2n) is 6.27. The van der Waals surface area contributed by atoms with E-state index < -0.39 is 0 Å². The van der Waals surface area contributed by atoms with E-state index in [0.717, 1.165) is 19.4 Å². The van der Waals surface area contributed by atoms with Crippen LogP contribution in [0.15, 0.2) is 25.3 Å². The third-order valence-corrected chi connectivity index (χ3v) is 4.40. The van der Waals surface area contributed by atoms with E-state index in [0.29, 0.717) is 0 Å². The molecule has 2 N–H and O–H groups in total. The van der Waals surface area contributed by atoms with Crippen molar-refractivity contribution in [3.63, 3.8) is 0 Å². The monoisotopic (exact) mass is 315 g/mol. The summed E-state index contributed by atoms with van der Waals surface area (Å²) in [5.74, 6) is 0. The number of nitrogens with two attached hydrogens (primary N) is 1. The SMILES string of the molecule is C=CCC(CN)(CC=C)CCCCCCCCCCC.Cl. The molecule has 0 fully saturated rings. The van der Waals surface area contributed by atoms with E-state index in [1.807, 2.05) is 12.2 Å². The Bertz CT molecular complexity index is 228. The van der Waals surface area contributed by atoms with Gasteiger partial charge in [-0.05, 0) is 31.2 Å². The predicted molar refractivity (Wildman–Crippen MR) is 100 cm³/mol. The first-order chi connectivity index (χ1) is 9.74. The van der Waals surface area contributed by atoms with Gasteiger partial charge in [0.1, 0.15) is 0 Å². The van der Waals surface area contributed by atoms with Crippen molar-refractivity contribution < 1.29 is 0 Å². The lowest BCUT2D eigenvalue weighted by molar-refractivity contribution is 0.268. The summed E-state index contributed by atoms with van der Waals surface area (Å²) in [5, 5.41) is 0. The van der Waals surface area contributed by atoms with Gasteiger partial charge in [0.05, 0.1) is 0 Å². The highest BCUT2D eigenvalue weighted by atomic mass is 35.5. The van der Waals surface area contributed by atoms with Crippen LogP contribution in [0.3, 0.4) is 0 Å². The second-order valence-corrected chi connectivity index (χ2v) is 6.27. The Labute approximate surface area is 139 Å². The Balaban J connectivity index is 0. The van der Waals surface area contributed by atoms with Gasteiger partial charge < -0.3 is 5.73 Å². The number of rotatable bonds is 15. The Hall–Kier alpha value is -0.270. The largest absolute Gasteiger partial charge is 0.330 e. The van der Waals surface area contributed by atoms with Crippen LogP contribution in [-0.4, -0.2) is 6.54 Å². The molecule has 0 saturated carbocycles. The summed E-state index contributed by atoms with van der Waals surface area (Å²) in [6.45, 7) is 10.8. The van der Waals surface area contributed by atoms with Crippen molar-refractivity contribution in [2.24, 2.45) is 11.1 Å². The molecule has 0 aliphatic rings. The maximum atomic E-state index is 5.99. The van der Waals surface area contributed by atoms with Crippen molar-refractivity contribution >= 4 is 12.4 Å². The third kappa shape index (κ3) is 12.0. The van der Waals surface area contributed by atoms with Gasteiger partial charge in [0.2, 0.25) is 0 Å². The summed E-state index contributed by atoms with van der Waals surface area (Å²) < 4.78 is 0. The van der Waals surface area contributed by atoms with Crippen LogP contribution in [0.1, 0.15) is 84.0 Å². The topological polar surface area (TPSA) is 26.0 Å². The second kappa shape index (κ2) is 16.1. The van der Waals surface area contributed by atoms with Crippen molar-refractivity contribution in [3.05, 3.63) is 25.3 Å². The zero-order chi connectivity index (χ0) is 15.1. The van der Waals surface area contributed by atoms with Crippen LogP contribution in [-0.2, 0) is 0 Å². The maximum Gasteiger partial charge on any atom is -0.00146 e. The summed E-state index contributed by atoms with van der Waals surface area (Å²) in [5.41, 5.74) is 6.22. The van der Waals surface area contributed by atoms with Crippen molar-refractivity contribution in [3.8, 4) is 0 Å². The molecule has 0 heterocycles. The van der Waals surface area contributed by atoms with Gasteiger partial charge in [0, 0.05) is 0 Å². The van der Waals surface area contributed by atoms with Gasteiger partial charge in [-0.2, -0.15) is 0 Å². The molecule has 0 bridgehead atoms. The molecular weight excluding hydrogens is 278 g/mol. The average molecular weight is 316 g/mol. The average Bonchev–Trinajstić information content (AvgIpc) is 2.46. The zero-order valence-electron chi connectivity index (χ0n) is 14.2. The van der Waals surface area contributed by atoms with Gasteiger partial charge in [0.15, 0.2) is 0 Å². The molecule has 0 amide bonds. The first kappa shape index (κ1) is 23.0. The van der Waals surface area contributed by atoms with E-state index in [4.69, 9.17) is 5.73 Å². The van der Waals surface area contributed by atoms with Crippen molar-refractivity contribution in [2.75, 3.05) is 6.54 Å². The maximum absolute atomic E-state index is 5.99. The molecule has 0 spiro atoms. The summed E-state index contributed by atoms with van der Waals surface area (Å²) >= 11 is 0. The van der Waals surface area contributed by atoms with Crippen molar-refractivity contribution in [1.29, 1.82) is 0 Å². The van der Waals surface area contributed by atoms with E-state index in [-0.39, 0.29) is 17.8 Å². The molecule has 0 aromatic carbocycles. The van der Waals surface area contributed by atoms with Gasteiger partial charge in [-0.1, -0.05) is 76.9 Å². The van der Waals surface area contributed by atoms with Crippen LogP contribution in [0, 0.1) is 5.41 Å². The first-order valence-electron chi connectivity index (χ1n) is 8.66. The van der Waals surface area contributed by atoms with Crippen LogP contribution in [0.2, 0.25) is 0 Å². The van der Waals surface area contributed by atoms with Crippen LogP contribution in [0.4, 0.5) is 0 Å². The number of hydrogen-bond acceptors (Lipinski definition) is 1. The lowest BCUT2D eigenvalue weighted by atomic mass is 9.76. The quantitative estimate of drug-likeness (QED) is 0.273. The van der Waals surface area contributed by atoms with E-state index in [2.05, 4.69) is 20.1 Å². The van der Waals surface area contributed by atoms with E-state index in [9.17, 15) is 0 Å². The summed E-state index contributed by atoms with van der Waals surface area (Å²) in [6.07, 6.45) is 19.7. The summed E-state index contributed by atoms with van der Waals surface area (Å²) in [4.78, 5) is 0. The highest BCUT2D eigenvalue weighted by molar-refractivity contribution is 5.85. The van der Waals surface area contributed by atoms with E-state index in [1.165, 1.54) is 64.2 Å². The van der Waals surface area contributed by atoms with E-state index in [1.54, 1.807) is 0 Å².